The highest BCUT2D eigenvalue weighted by molar-refractivity contribution is 6.09. The summed E-state index contributed by atoms with van der Waals surface area (Å²) in [6, 6.07) is 10.4. The minimum atomic E-state index is -1.37. The Bertz CT molecular complexity index is 1090. The fourth-order valence-corrected chi connectivity index (χ4v) is 3.53. The molecule has 1 unspecified atom stereocenters. The molecule has 148 valence electrons. The molecule has 1 aliphatic rings. The van der Waals surface area contributed by atoms with Crippen LogP contribution in [0.25, 0.3) is 11.1 Å². The van der Waals surface area contributed by atoms with Gasteiger partial charge in [-0.2, -0.15) is 9.49 Å². The number of aliphatic imine (C=N–C) groups is 1. The van der Waals surface area contributed by atoms with Crippen molar-refractivity contribution in [3.8, 4) is 11.1 Å². The summed E-state index contributed by atoms with van der Waals surface area (Å²) in [6.07, 6.45) is 6.85. The summed E-state index contributed by atoms with van der Waals surface area (Å²) in [7, 11) is 0. The summed E-state index contributed by atoms with van der Waals surface area (Å²) >= 11 is 0. The SMILES string of the molecule is CCCCn1cc(C2(c3cccc(-c4cccnc4F)c3)N=C(N)NC2=O)cn1. The molecule has 8 heteroatoms. The highest BCUT2D eigenvalue weighted by atomic mass is 19.1. The van der Waals surface area contributed by atoms with Gasteiger partial charge in [-0.3, -0.25) is 14.8 Å². The second kappa shape index (κ2) is 7.46. The predicted octanol–water partition coefficient (Wildman–Crippen LogP) is 2.57. The standard InChI is InChI=1S/C21H21FN6O/c1-2-3-10-28-13-16(12-25-28)21(19(29)26-20(23)27-21)15-7-4-6-14(11-15)17-8-5-9-24-18(17)22/h4-9,11-13H,2-3,10H2,1H3,(H3,23,26,27,29). The zero-order valence-corrected chi connectivity index (χ0v) is 16.0. The highest BCUT2D eigenvalue weighted by Gasteiger charge is 2.47. The van der Waals surface area contributed by atoms with E-state index in [0.717, 1.165) is 19.4 Å². The first kappa shape index (κ1) is 18.8. The average Bonchev–Trinajstić information content (AvgIpc) is 3.31. The van der Waals surface area contributed by atoms with Crippen LogP contribution in [-0.2, 0) is 16.9 Å². The lowest BCUT2D eigenvalue weighted by molar-refractivity contribution is -0.122. The Labute approximate surface area is 167 Å². The third-order valence-electron chi connectivity index (χ3n) is 5.00. The summed E-state index contributed by atoms with van der Waals surface area (Å²) in [5.41, 5.74) is 6.61. The van der Waals surface area contributed by atoms with Crippen LogP contribution in [0.15, 0.2) is 60.0 Å². The van der Waals surface area contributed by atoms with E-state index < -0.39 is 11.5 Å². The number of nitrogens with two attached hydrogens (primary N) is 1. The molecule has 0 bridgehead atoms. The van der Waals surface area contributed by atoms with Gasteiger partial charge < -0.3 is 5.73 Å². The van der Waals surface area contributed by atoms with E-state index in [1.807, 2.05) is 6.20 Å². The summed E-state index contributed by atoms with van der Waals surface area (Å²) in [4.78, 5) is 21.2. The number of rotatable bonds is 6. The first-order valence-electron chi connectivity index (χ1n) is 9.45. The Hall–Kier alpha value is -3.55. The predicted molar refractivity (Wildman–Crippen MR) is 107 cm³/mol. The summed E-state index contributed by atoms with van der Waals surface area (Å²) in [6.45, 7) is 2.85. The van der Waals surface area contributed by atoms with Crippen molar-refractivity contribution in [2.24, 2.45) is 10.7 Å². The van der Waals surface area contributed by atoms with E-state index in [9.17, 15) is 9.18 Å². The first-order valence-corrected chi connectivity index (χ1v) is 9.45. The lowest BCUT2D eigenvalue weighted by atomic mass is 9.83. The lowest BCUT2D eigenvalue weighted by Gasteiger charge is -2.23. The normalized spacial score (nSPS) is 18.6. The molecule has 0 saturated carbocycles. The molecule has 1 aliphatic heterocycles. The van der Waals surface area contributed by atoms with Gasteiger partial charge in [-0.1, -0.05) is 31.5 Å². The minimum Gasteiger partial charge on any atom is -0.370 e. The van der Waals surface area contributed by atoms with Crippen LogP contribution < -0.4 is 11.1 Å². The largest absolute Gasteiger partial charge is 0.370 e. The van der Waals surface area contributed by atoms with Gasteiger partial charge in [0, 0.05) is 30.1 Å². The number of hydrogen-bond acceptors (Lipinski definition) is 5. The van der Waals surface area contributed by atoms with Crippen molar-refractivity contribution in [3.05, 3.63) is 72.1 Å². The van der Waals surface area contributed by atoms with Gasteiger partial charge in [-0.25, -0.2) is 9.98 Å². The van der Waals surface area contributed by atoms with E-state index in [1.165, 1.54) is 6.20 Å². The molecule has 3 heterocycles. The molecule has 0 aliphatic carbocycles. The number of hydrogen-bond donors (Lipinski definition) is 2. The second-order valence-corrected chi connectivity index (χ2v) is 6.93. The van der Waals surface area contributed by atoms with E-state index in [0.29, 0.717) is 22.3 Å². The summed E-state index contributed by atoms with van der Waals surface area (Å²) in [5, 5.41) is 6.97. The smallest absolute Gasteiger partial charge is 0.264 e. The van der Waals surface area contributed by atoms with Crippen molar-refractivity contribution < 1.29 is 9.18 Å². The van der Waals surface area contributed by atoms with Gasteiger partial charge >= 0.3 is 0 Å². The van der Waals surface area contributed by atoms with Gasteiger partial charge in [-0.05, 0) is 35.7 Å². The van der Waals surface area contributed by atoms with Crippen LogP contribution in [-0.4, -0.2) is 26.6 Å². The molecule has 29 heavy (non-hydrogen) atoms. The van der Waals surface area contributed by atoms with E-state index >= 15 is 0 Å². The number of aromatic nitrogens is 3. The van der Waals surface area contributed by atoms with Crippen LogP contribution in [0.5, 0.6) is 0 Å². The molecule has 1 aromatic carbocycles. The molecule has 0 saturated heterocycles. The Morgan fingerprint density at radius 1 is 1.24 bits per heavy atom. The van der Waals surface area contributed by atoms with Crippen LogP contribution in [0.1, 0.15) is 30.9 Å². The first-order chi connectivity index (χ1) is 14.0. The Balaban J connectivity index is 1.84. The number of carbonyl (C=O) groups is 1. The number of benzene rings is 1. The summed E-state index contributed by atoms with van der Waals surface area (Å²) < 4.78 is 16.0. The van der Waals surface area contributed by atoms with Crippen molar-refractivity contribution >= 4 is 11.9 Å². The van der Waals surface area contributed by atoms with Crippen molar-refractivity contribution in [1.82, 2.24) is 20.1 Å². The third-order valence-corrected chi connectivity index (χ3v) is 5.00. The molecule has 1 amide bonds. The fraction of sp³-hybridized carbons (Fsp3) is 0.238. The maximum Gasteiger partial charge on any atom is 0.264 e. The van der Waals surface area contributed by atoms with Crippen LogP contribution in [0.3, 0.4) is 0 Å². The van der Waals surface area contributed by atoms with E-state index in [2.05, 4.69) is 27.3 Å². The van der Waals surface area contributed by atoms with Crippen molar-refractivity contribution in [3.63, 3.8) is 0 Å². The number of nitrogens with one attached hydrogen (secondary N) is 1. The maximum atomic E-state index is 14.2. The zero-order chi connectivity index (χ0) is 20.4. The van der Waals surface area contributed by atoms with Gasteiger partial charge in [0.05, 0.1) is 6.20 Å². The van der Waals surface area contributed by atoms with E-state index in [-0.39, 0.29) is 11.9 Å². The molecule has 4 rings (SSSR count). The van der Waals surface area contributed by atoms with Crippen LogP contribution in [0.4, 0.5) is 4.39 Å². The quantitative estimate of drug-likeness (QED) is 0.630. The van der Waals surface area contributed by atoms with Crippen LogP contribution in [0.2, 0.25) is 0 Å². The number of guanidine groups is 1. The molecule has 0 fully saturated rings. The number of nitrogens with zero attached hydrogens (tertiary/aromatic N) is 4. The number of carbonyl (C=O) groups excluding carboxylic acids is 1. The number of pyridine rings is 1. The molecule has 1 atom stereocenters. The Morgan fingerprint density at radius 3 is 2.83 bits per heavy atom. The average molecular weight is 392 g/mol. The van der Waals surface area contributed by atoms with Crippen LogP contribution in [0, 0.1) is 5.95 Å². The summed E-state index contributed by atoms with van der Waals surface area (Å²) in [5.74, 6) is -0.909. The molecule has 0 radical (unpaired) electrons. The molecule has 7 nitrogen and oxygen atoms in total. The van der Waals surface area contributed by atoms with Gasteiger partial charge in [0.2, 0.25) is 5.95 Å². The van der Waals surface area contributed by atoms with Crippen LogP contribution >= 0.6 is 0 Å². The molecule has 3 N–H and O–H groups in total. The fourth-order valence-electron chi connectivity index (χ4n) is 3.53. The highest BCUT2D eigenvalue weighted by Crippen LogP contribution is 2.38. The van der Waals surface area contributed by atoms with Gasteiger partial charge in [0.25, 0.3) is 5.91 Å². The Morgan fingerprint density at radius 2 is 2.10 bits per heavy atom. The molecular formula is C21H21FN6O. The van der Waals surface area contributed by atoms with Gasteiger partial charge in [0.15, 0.2) is 11.5 Å². The van der Waals surface area contributed by atoms with Crippen molar-refractivity contribution in [2.45, 2.75) is 31.8 Å². The monoisotopic (exact) mass is 392 g/mol. The van der Waals surface area contributed by atoms with Gasteiger partial charge in [0.1, 0.15) is 0 Å². The maximum absolute atomic E-state index is 14.2. The van der Waals surface area contributed by atoms with Crippen molar-refractivity contribution in [1.29, 1.82) is 0 Å². The van der Waals surface area contributed by atoms with Crippen molar-refractivity contribution in [2.75, 3.05) is 0 Å². The van der Waals surface area contributed by atoms with E-state index in [1.54, 1.807) is 47.3 Å². The minimum absolute atomic E-state index is 0.0364. The third kappa shape index (κ3) is 3.26. The Kier molecular flexibility index (Phi) is 4.84. The lowest BCUT2D eigenvalue weighted by Crippen LogP contribution is -2.39. The topological polar surface area (TPSA) is 98.2 Å². The molecule has 3 aromatic rings. The molecule has 0 spiro atoms. The molecule has 2 aromatic heterocycles. The number of amides is 1. The number of halogens is 1. The number of aryl methyl sites for hydroxylation is 1. The van der Waals surface area contributed by atoms with E-state index in [4.69, 9.17) is 5.73 Å². The molecular weight excluding hydrogens is 371 g/mol. The van der Waals surface area contributed by atoms with Gasteiger partial charge in [-0.15, -0.1) is 0 Å². The number of unbranched alkanes of at least 4 members (excludes halogenated alkanes) is 1. The second-order valence-electron chi connectivity index (χ2n) is 6.93. The zero-order valence-electron chi connectivity index (χ0n) is 16.0.